The molecule has 0 bridgehead atoms. The lowest BCUT2D eigenvalue weighted by Gasteiger charge is -2.35. The van der Waals surface area contributed by atoms with Crippen LogP contribution in [0.3, 0.4) is 0 Å². The van der Waals surface area contributed by atoms with Crippen LogP contribution in [0.5, 0.6) is 0 Å². The highest BCUT2D eigenvalue weighted by Gasteiger charge is 2.38. The Balaban J connectivity index is 1.48. The molecule has 0 saturated carbocycles. The number of aryl methyl sites for hydroxylation is 1. The summed E-state index contributed by atoms with van der Waals surface area (Å²) < 4.78 is 4.08. The molecule has 0 unspecified atom stereocenters. The maximum Gasteiger partial charge on any atom is 0.236 e. The molecule has 1 aromatic carbocycles. The number of piperidine rings is 1. The minimum absolute atomic E-state index is 0.276. The zero-order chi connectivity index (χ0) is 19.7. The van der Waals surface area contributed by atoms with Gasteiger partial charge in [-0.2, -0.15) is 0 Å². The average molecular weight is 399 g/mol. The average Bonchev–Trinajstić information content (AvgIpc) is 3.31. The molecule has 1 amide bonds. The molecule has 150 valence electrons. The third kappa shape index (κ3) is 4.28. The van der Waals surface area contributed by atoms with Crippen LogP contribution in [0.15, 0.2) is 29.6 Å². The Bertz CT molecular complexity index is 781. The summed E-state index contributed by atoms with van der Waals surface area (Å²) in [6.07, 6.45) is 1.22. The van der Waals surface area contributed by atoms with E-state index in [-0.39, 0.29) is 5.91 Å². The number of carbonyl (C=O) groups is 1. The molecule has 28 heavy (non-hydrogen) atoms. The monoisotopic (exact) mass is 398 g/mol. The minimum Gasteiger partial charge on any atom is -0.341 e. The van der Waals surface area contributed by atoms with Crippen LogP contribution in [0.4, 0.5) is 0 Å². The lowest BCUT2D eigenvalue weighted by atomic mass is 9.87. The first-order chi connectivity index (χ1) is 13.5. The van der Waals surface area contributed by atoms with Crippen LogP contribution in [0.1, 0.15) is 48.9 Å². The molecule has 1 aromatic heterocycles. The Morgan fingerprint density at radius 2 is 1.75 bits per heavy atom. The Hall–Kier alpha value is -1.79. The maximum atomic E-state index is 13.0. The van der Waals surface area contributed by atoms with Gasteiger partial charge in [-0.25, -0.2) is 0 Å². The normalized spacial score (nSPS) is 28.6. The van der Waals surface area contributed by atoms with Crippen molar-refractivity contribution in [3.05, 3.63) is 46.5 Å². The van der Waals surface area contributed by atoms with E-state index in [4.69, 9.17) is 0 Å². The van der Waals surface area contributed by atoms with Crippen molar-refractivity contribution >= 4 is 17.4 Å². The summed E-state index contributed by atoms with van der Waals surface area (Å²) in [5, 5.41) is 6.42. The van der Waals surface area contributed by atoms with Crippen molar-refractivity contribution in [2.45, 2.75) is 39.0 Å². The molecule has 0 spiro atoms. The van der Waals surface area contributed by atoms with Crippen molar-refractivity contribution in [2.24, 2.45) is 11.8 Å². The van der Waals surface area contributed by atoms with Gasteiger partial charge in [0.1, 0.15) is 0 Å². The van der Waals surface area contributed by atoms with Crippen molar-refractivity contribution in [3.63, 3.8) is 0 Å². The molecule has 5 nitrogen and oxygen atoms in total. The highest BCUT2D eigenvalue weighted by Crippen LogP contribution is 2.39. The second-order valence-electron chi connectivity index (χ2n) is 8.89. The van der Waals surface area contributed by atoms with Crippen LogP contribution in [0.25, 0.3) is 0 Å². The molecular formula is C22H30N4OS. The second kappa shape index (κ2) is 8.29. The lowest BCUT2D eigenvalue weighted by Crippen LogP contribution is -2.46. The summed E-state index contributed by atoms with van der Waals surface area (Å²) in [6, 6.07) is 8.81. The van der Waals surface area contributed by atoms with Gasteiger partial charge in [-0.1, -0.05) is 48.2 Å². The Kier molecular flexibility index (Phi) is 5.78. The Labute approximate surface area is 171 Å². The Morgan fingerprint density at radius 1 is 1.07 bits per heavy atom. The van der Waals surface area contributed by atoms with Gasteiger partial charge in [0.05, 0.1) is 12.2 Å². The van der Waals surface area contributed by atoms with Gasteiger partial charge in [0, 0.05) is 43.4 Å². The predicted molar refractivity (Wildman–Crippen MR) is 113 cm³/mol. The molecule has 3 heterocycles. The number of likely N-dealkylation sites (tertiary alicyclic amines) is 2. The first kappa shape index (κ1) is 19.5. The molecule has 0 aliphatic carbocycles. The summed E-state index contributed by atoms with van der Waals surface area (Å²) >= 11 is 1.41. The van der Waals surface area contributed by atoms with Gasteiger partial charge < -0.3 is 4.90 Å². The van der Waals surface area contributed by atoms with E-state index in [2.05, 4.69) is 69.8 Å². The van der Waals surface area contributed by atoms with Gasteiger partial charge in [-0.05, 0) is 42.3 Å². The van der Waals surface area contributed by atoms with E-state index in [0.29, 0.717) is 30.2 Å². The number of nitrogens with zero attached hydrogens (tertiary/aromatic N) is 4. The fraction of sp³-hybridized carbons (Fsp3) is 0.591. The summed E-state index contributed by atoms with van der Waals surface area (Å²) in [6.45, 7) is 10.7. The standard InChI is InChI=1S/C22H30N4OS/c1-15-4-6-18(7-5-15)19-11-25(12-20(19)21-14-28-24-23-21)13-22(27)26-9-16(2)8-17(3)10-26/h4-7,14,16-17,19-20H,8-13H2,1-3H3/t16-,17-,19-,20+/m0/s1. The SMILES string of the molecule is Cc1ccc([C@@H]2CN(CC(=O)N3C[C@@H](C)C[C@H](C)C3)C[C@H]2c2csnn2)cc1. The number of benzene rings is 1. The maximum absolute atomic E-state index is 13.0. The number of carbonyl (C=O) groups excluding carboxylic acids is 1. The van der Waals surface area contributed by atoms with Crippen molar-refractivity contribution < 1.29 is 4.79 Å². The van der Waals surface area contributed by atoms with Gasteiger partial charge in [-0.3, -0.25) is 9.69 Å². The fourth-order valence-corrected chi connectivity index (χ4v) is 5.48. The molecule has 2 fully saturated rings. The minimum atomic E-state index is 0.276. The second-order valence-corrected chi connectivity index (χ2v) is 9.50. The molecule has 2 aliphatic rings. The smallest absolute Gasteiger partial charge is 0.236 e. The van der Waals surface area contributed by atoms with E-state index in [1.54, 1.807) is 0 Å². The Morgan fingerprint density at radius 3 is 2.39 bits per heavy atom. The zero-order valence-electron chi connectivity index (χ0n) is 17.0. The molecule has 4 rings (SSSR count). The van der Waals surface area contributed by atoms with Gasteiger partial charge in [0.2, 0.25) is 5.91 Å². The molecule has 0 N–H and O–H groups in total. The van der Waals surface area contributed by atoms with Gasteiger partial charge in [-0.15, -0.1) is 5.10 Å². The largest absolute Gasteiger partial charge is 0.341 e. The van der Waals surface area contributed by atoms with Gasteiger partial charge in [0.25, 0.3) is 0 Å². The molecule has 0 radical (unpaired) electrons. The van der Waals surface area contributed by atoms with E-state index in [1.807, 2.05) is 0 Å². The highest BCUT2D eigenvalue weighted by atomic mass is 32.1. The number of hydrogen-bond acceptors (Lipinski definition) is 5. The number of aromatic nitrogens is 2. The van der Waals surface area contributed by atoms with E-state index < -0.39 is 0 Å². The molecule has 2 aliphatic heterocycles. The molecular weight excluding hydrogens is 368 g/mol. The zero-order valence-corrected chi connectivity index (χ0v) is 17.9. The van der Waals surface area contributed by atoms with Crippen molar-refractivity contribution in [1.82, 2.24) is 19.4 Å². The van der Waals surface area contributed by atoms with Crippen molar-refractivity contribution in [1.29, 1.82) is 0 Å². The first-order valence-electron chi connectivity index (χ1n) is 10.3. The quantitative estimate of drug-likeness (QED) is 0.790. The molecule has 4 atom stereocenters. The summed E-state index contributed by atoms with van der Waals surface area (Å²) in [5.74, 6) is 2.13. The molecule has 2 saturated heterocycles. The van der Waals surface area contributed by atoms with Crippen LogP contribution < -0.4 is 0 Å². The van der Waals surface area contributed by atoms with Crippen LogP contribution in [0.2, 0.25) is 0 Å². The van der Waals surface area contributed by atoms with E-state index in [9.17, 15) is 4.79 Å². The number of amides is 1. The molecule has 6 heteroatoms. The third-order valence-electron chi connectivity index (χ3n) is 6.24. The van der Waals surface area contributed by atoms with E-state index >= 15 is 0 Å². The highest BCUT2D eigenvalue weighted by molar-refractivity contribution is 7.03. The van der Waals surface area contributed by atoms with E-state index in [1.165, 1.54) is 29.1 Å². The van der Waals surface area contributed by atoms with Crippen LogP contribution in [0, 0.1) is 18.8 Å². The van der Waals surface area contributed by atoms with Crippen LogP contribution in [-0.4, -0.2) is 58.0 Å². The topological polar surface area (TPSA) is 49.3 Å². The lowest BCUT2D eigenvalue weighted by molar-refractivity contribution is -0.134. The summed E-state index contributed by atoms with van der Waals surface area (Å²) in [4.78, 5) is 17.4. The fourth-order valence-electron chi connectivity index (χ4n) is 4.96. The number of hydrogen-bond donors (Lipinski definition) is 0. The van der Waals surface area contributed by atoms with Crippen molar-refractivity contribution in [3.8, 4) is 0 Å². The number of rotatable bonds is 4. The van der Waals surface area contributed by atoms with Gasteiger partial charge >= 0.3 is 0 Å². The predicted octanol–water partition coefficient (Wildman–Crippen LogP) is 3.53. The summed E-state index contributed by atoms with van der Waals surface area (Å²) in [5.41, 5.74) is 3.67. The molecule has 2 aromatic rings. The van der Waals surface area contributed by atoms with Crippen LogP contribution in [-0.2, 0) is 4.79 Å². The van der Waals surface area contributed by atoms with Gasteiger partial charge in [0.15, 0.2) is 0 Å². The van der Waals surface area contributed by atoms with Crippen molar-refractivity contribution in [2.75, 3.05) is 32.7 Å². The first-order valence-corrected chi connectivity index (χ1v) is 11.2. The van der Waals surface area contributed by atoms with E-state index in [0.717, 1.165) is 31.9 Å². The summed E-state index contributed by atoms with van der Waals surface area (Å²) in [7, 11) is 0. The van der Waals surface area contributed by atoms with Crippen LogP contribution >= 0.6 is 11.5 Å². The third-order valence-corrected chi connectivity index (χ3v) is 6.76.